The molecule has 1 aromatic rings. The van der Waals surface area contributed by atoms with Crippen LogP contribution in [0.4, 0.5) is 13.2 Å². The Morgan fingerprint density at radius 3 is 2.18 bits per heavy atom. The standard InChI is InChI=1S/C27H38F3N3O4S/c1-38(36,37)17-25(34)32(16-18-6-8-20(9-7-18)27(28,29)30)12-13-33-21-10-11-22(33)15-19(14-21)23-4-2-3-5-24(23)26(31)35/h2-5,18-22H,6-17H2,1H3,(H2,31,35). The zero-order chi connectivity index (χ0) is 27.7. The molecule has 11 heteroatoms. The monoisotopic (exact) mass is 557 g/mol. The molecule has 7 nitrogen and oxygen atoms in total. The number of rotatable bonds is 9. The van der Waals surface area contributed by atoms with Gasteiger partial charge >= 0.3 is 6.18 Å². The highest BCUT2D eigenvalue weighted by molar-refractivity contribution is 7.91. The smallest absolute Gasteiger partial charge is 0.366 e. The maximum absolute atomic E-state index is 13.1. The molecule has 0 aromatic heterocycles. The number of primary amides is 1. The van der Waals surface area contributed by atoms with Gasteiger partial charge in [-0.1, -0.05) is 18.2 Å². The maximum Gasteiger partial charge on any atom is 0.391 e. The van der Waals surface area contributed by atoms with Gasteiger partial charge in [0.1, 0.15) is 5.75 Å². The number of nitrogens with two attached hydrogens (primary N) is 1. The average molecular weight is 558 g/mol. The van der Waals surface area contributed by atoms with Crippen LogP contribution in [0.15, 0.2) is 24.3 Å². The zero-order valence-corrected chi connectivity index (χ0v) is 22.6. The highest BCUT2D eigenvalue weighted by Gasteiger charge is 2.43. The van der Waals surface area contributed by atoms with E-state index in [1.165, 1.54) is 0 Å². The summed E-state index contributed by atoms with van der Waals surface area (Å²) >= 11 is 0. The van der Waals surface area contributed by atoms with Gasteiger partial charge in [0.2, 0.25) is 11.8 Å². The Hall–Kier alpha value is -2.14. The lowest BCUT2D eigenvalue weighted by molar-refractivity contribution is -0.184. The first-order valence-electron chi connectivity index (χ1n) is 13.5. The molecule has 2 N–H and O–H groups in total. The van der Waals surface area contributed by atoms with Crippen molar-refractivity contribution in [1.29, 1.82) is 0 Å². The number of nitrogens with zero attached hydrogens (tertiary/aromatic N) is 2. The molecule has 2 aliphatic heterocycles. The molecule has 2 bridgehead atoms. The van der Waals surface area contributed by atoms with E-state index >= 15 is 0 Å². The number of benzene rings is 1. The Morgan fingerprint density at radius 1 is 1.03 bits per heavy atom. The summed E-state index contributed by atoms with van der Waals surface area (Å²) in [5.41, 5.74) is 7.15. The fraction of sp³-hybridized carbons (Fsp3) is 0.704. The van der Waals surface area contributed by atoms with E-state index in [-0.39, 0.29) is 43.3 Å². The van der Waals surface area contributed by atoms with E-state index in [9.17, 15) is 31.2 Å². The Morgan fingerprint density at radius 2 is 1.63 bits per heavy atom. The molecule has 212 valence electrons. The van der Waals surface area contributed by atoms with Crippen molar-refractivity contribution in [3.63, 3.8) is 0 Å². The van der Waals surface area contributed by atoms with Crippen molar-refractivity contribution in [1.82, 2.24) is 9.80 Å². The molecule has 2 heterocycles. The van der Waals surface area contributed by atoms with Gasteiger partial charge in [0, 0.05) is 43.5 Å². The van der Waals surface area contributed by atoms with Gasteiger partial charge in [-0.25, -0.2) is 8.42 Å². The van der Waals surface area contributed by atoms with E-state index in [2.05, 4.69) is 4.90 Å². The van der Waals surface area contributed by atoms with Crippen molar-refractivity contribution in [3.8, 4) is 0 Å². The van der Waals surface area contributed by atoms with Crippen molar-refractivity contribution in [2.75, 3.05) is 31.6 Å². The van der Waals surface area contributed by atoms with Crippen molar-refractivity contribution in [2.45, 2.75) is 75.5 Å². The predicted molar refractivity (Wildman–Crippen MR) is 138 cm³/mol. The van der Waals surface area contributed by atoms with Gasteiger partial charge in [-0.2, -0.15) is 13.2 Å². The van der Waals surface area contributed by atoms with Crippen molar-refractivity contribution < 1.29 is 31.2 Å². The predicted octanol–water partition coefficient (Wildman–Crippen LogP) is 3.74. The first-order valence-corrected chi connectivity index (χ1v) is 15.5. The van der Waals surface area contributed by atoms with Crippen LogP contribution in [-0.2, 0) is 14.6 Å². The molecule has 2 unspecified atom stereocenters. The van der Waals surface area contributed by atoms with Crippen LogP contribution in [-0.4, -0.2) is 79.9 Å². The average Bonchev–Trinajstić information content (AvgIpc) is 3.06. The zero-order valence-electron chi connectivity index (χ0n) is 21.8. The minimum Gasteiger partial charge on any atom is -0.366 e. The normalized spacial score (nSPS) is 28.3. The second kappa shape index (κ2) is 11.5. The van der Waals surface area contributed by atoms with Gasteiger partial charge in [-0.3, -0.25) is 14.5 Å². The van der Waals surface area contributed by atoms with E-state index < -0.39 is 39.5 Å². The Labute approximate surface area is 222 Å². The SMILES string of the molecule is CS(=O)(=O)CC(=O)N(CCN1C2CCC1CC(c1ccccc1C(N)=O)C2)CC1CCC(C(F)(F)F)CC1. The summed E-state index contributed by atoms with van der Waals surface area (Å²) in [7, 11) is -3.53. The molecular weight excluding hydrogens is 519 g/mol. The van der Waals surface area contributed by atoms with Gasteiger partial charge in [0.05, 0.1) is 5.92 Å². The topological polar surface area (TPSA) is 101 Å². The number of hydrogen-bond acceptors (Lipinski definition) is 5. The Kier molecular flexibility index (Phi) is 8.76. The number of carbonyl (C=O) groups is 2. The van der Waals surface area contributed by atoms with Crippen LogP contribution in [0.5, 0.6) is 0 Å². The molecule has 1 saturated carbocycles. The lowest BCUT2D eigenvalue weighted by atomic mass is 9.81. The first kappa shape index (κ1) is 28.9. The second-order valence-corrected chi connectivity index (χ2v) is 13.6. The number of hydrogen-bond donors (Lipinski definition) is 1. The number of carbonyl (C=O) groups excluding carboxylic acids is 2. The molecular formula is C27H38F3N3O4S. The number of fused-ring (bicyclic) bond motifs is 2. The largest absolute Gasteiger partial charge is 0.391 e. The summed E-state index contributed by atoms with van der Waals surface area (Å²) in [4.78, 5) is 28.9. The molecule has 4 rings (SSSR count). The van der Waals surface area contributed by atoms with Gasteiger partial charge in [-0.05, 0) is 74.8 Å². The molecule has 0 radical (unpaired) electrons. The van der Waals surface area contributed by atoms with Gasteiger partial charge in [0.15, 0.2) is 9.84 Å². The van der Waals surface area contributed by atoms with Crippen LogP contribution in [0.25, 0.3) is 0 Å². The summed E-state index contributed by atoms with van der Waals surface area (Å²) in [5.74, 6) is -2.65. The molecule has 1 aliphatic carbocycles. The van der Waals surface area contributed by atoms with Crippen LogP contribution in [0, 0.1) is 11.8 Å². The summed E-state index contributed by atoms with van der Waals surface area (Å²) in [6.07, 6.45) is 1.45. The van der Waals surface area contributed by atoms with Crippen LogP contribution >= 0.6 is 0 Å². The van der Waals surface area contributed by atoms with E-state index in [4.69, 9.17) is 5.73 Å². The van der Waals surface area contributed by atoms with Crippen LogP contribution < -0.4 is 5.73 Å². The van der Waals surface area contributed by atoms with Crippen LogP contribution in [0.2, 0.25) is 0 Å². The third kappa shape index (κ3) is 7.08. The minimum absolute atomic E-state index is 0.0483. The third-order valence-corrected chi connectivity index (χ3v) is 9.48. The van der Waals surface area contributed by atoms with Crippen LogP contribution in [0.1, 0.15) is 73.2 Å². The Bertz CT molecular complexity index is 1100. The fourth-order valence-electron chi connectivity index (χ4n) is 6.82. The summed E-state index contributed by atoms with van der Waals surface area (Å²) in [5, 5.41) is 0. The van der Waals surface area contributed by atoms with E-state index in [1.807, 2.05) is 18.2 Å². The molecule has 38 heavy (non-hydrogen) atoms. The highest BCUT2D eigenvalue weighted by Crippen LogP contribution is 2.44. The van der Waals surface area contributed by atoms with Crippen molar-refractivity contribution in [2.24, 2.45) is 17.6 Å². The number of sulfone groups is 1. The number of piperidine rings is 1. The molecule has 2 atom stereocenters. The van der Waals surface area contributed by atoms with Crippen molar-refractivity contribution in [3.05, 3.63) is 35.4 Å². The molecule has 1 aromatic carbocycles. The summed E-state index contributed by atoms with van der Waals surface area (Å²) in [6.45, 7) is 1.23. The second-order valence-electron chi connectivity index (χ2n) is 11.4. The lowest BCUT2D eigenvalue weighted by Crippen LogP contribution is -2.48. The third-order valence-electron chi connectivity index (χ3n) is 8.71. The lowest BCUT2D eigenvalue weighted by Gasteiger charge is -2.41. The molecule has 2 amide bonds. The number of amides is 2. The van der Waals surface area contributed by atoms with Crippen molar-refractivity contribution >= 4 is 21.7 Å². The minimum atomic E-state index is -4.19. The first-order chi connectivity index (χ1) is 17.8. The molecule has 2 saturated heterocycles. The maximum atomic E-state index is 13.1. The van der Waals surface area contributed by atoms with E-state index in [0.29, 0.717) is 31.5 Å². The molecule has 3 fully saturated rings. The Balaban J connectivity index is 1.40. The van der Waals surface area contributed by atoms with E-state index in [1.54, 1.807) is 11.0 Å². The summed E-state index contributed by atoms with van der Waals surface area (Å²) in [6, 6.07) is 8.04. The molecule has 0 spiro atoms. The molecule has 3 aliphatic rings. The van der Waals surface area contributed by atoms with Gasteiger partial charge in [0.25, 0.3) is 0 Å². The quantitative estimate of drug-likeness (QED) is 0.499. The van der Waals surface area contributed by atoms with Gasteiger partial charge in [-0.15, -0.1) is 0 Å². The highest BCUT2D eigenvalue weighted by atomic mass is 32.2. The van der Waals surface area contributed by atoms with Crippen LogP contribution in [0.3, 0.4) is 0 Å². The fourth-order valence-corrected chi connectivity index (χ4v) is 7.46. The summed E-state index contributed by atoms with van der Waals surface area (Å²) < 4.78 is 63.0. The number of halogens is 3. The number of alkyl halides is 3. The van der Waals surface area contributed by atoms with E-state index in [0.717, 1.165) is 37.5 Å². The van der Waals surface area contributed by atoms with Gasteiger partial charge < -0.3 is 10.6 Å².